The first-order valence-electron chi connectivity index (χ1n) is 6.47. The fourth-order valence-corrected chi connectivity index (χ4v) is 2.43. The van der Waals surface area contributed by atoms with Gasteiger partial charge >= 0.3 is 0 Å². The topological polar surface area (TPSA) is 141 Å². The molecule has 0 bridgehead atoms. The zero-order valence-electron chi connectivity index (χ0n) is 11.6. The van der Waals surface area contributed by atoms with E-state index in [4.69, 9.17) is 0 Å². The Bertz CT molecular complexity index is 703. The number of carbonyl (C=O) groups is 1. The lowest BCUT2D eigenvalue weighted by atomic mass is 10.0. The molecule has 2 aromatic rings. The summed E-state index contributed by atoms with van der Waals surface area (Å²) in [6, 6.07) is 4.26. The van der Waals surface area contributed by atoms with Gasteiger partial charge in [-0.2, -0.15) is 5.10 Å². The predicted octanol–water partition coefficient (Wildman–Crippen LogP) is 0.747. The number of aliphatic hydroxyl groups is 2. The number of nitro benzene ring substituents is 1. The number of carbonyl (C=O) groups excluding carboxylic acids is 1. The summed E-state index contributed by atoms with van der Waals surface area (Å²) in [6.07, 6.45) is 0.251. The molecule has 0 aliphatic rings. The Hall–Kier alpha value is -2.05. The summed E-state index contributed by atoms with van der Waals surface area (Å²) in [7, 11) is 0. The van der Waals surface area contributed by atoms with Crippen LogP contribution in [0.15, 0.2) is 30.5 Å². The summed E-state index contributed by atoms with van der Waals surface area (Å²) < 4.78 is 0.599. The van der Waals surface area contributed by atoms with Crippen molar-refractivity contribution in [3.63, 3.8) is 0 Å². The van der Waals surface area contributed by atoms with E-state index in [1.165, 1.54) is 30.5 Å². The van der Waals surface area contributed by atoms with E-state index >= 15 is 0 Å². The number of non-ortho nitro benzene ring substituents is 1. The molecule has 10 heteroatoms. The van der Waals surface area contributed by atoms with Crippen LogP contribution < -0.4 is 5.32 Å². The summed E-state index contributed by atoms with van der Waals surface area (Å²) in [5, 5.41) is 39.0. The summed E-state index contributed by atoms with van der Waals surface area (Å²) in [5.41, 5.74) is 0.451. The smallest absolute Gasteiger partial charge is 0.270 e. The van der Waals surface area contributed by atoms with Crippen molar-refractivity contribution in [3.05, 3.63) is 55.4 Å². The van der Waals surface area contributed by atoms with Gasteiger partial charge in [-0.1, -0.05) is 0 Å². The molecule has 1 amide bonds. The minimum absolute atomic E-state index is 0.113. The minimum atomic E-state index is -1.22. The molecule has 0 aliphatic heterocycles. The third-order valence-corrected chi connectivity index (χ3v) is 3.98. The van der Waals surface area contributed by atoms with E-state index in [2.05, 4.69) is 15.5 Å². The molecule has 0 spiro atoms. The molecule has 4 N–H and O–H groups in total. The van der Waals surface area contributed by atoms with Crippen molar-refractivity contribution in [2.24, 2.45) is 0 Å². The maximum absolute atomic E-state index is 12.1. The van der Waals surface area contributed by atoms with E-state index in [9.17, 15) is 25.1 Å². The highest BCUT2D eigenvalue weighted by atomic mass is 127. The third-order valence-electron chi connectivity index (χ3n) is 3.16. The van der Waals surface area contributed by atoms with E-state index in [0.717, 1.165) is 0 Å². The number of hydrogen-bond acceptors (Lipinski definition) is 6. The maximum atomic E-state index is 12.1. The minimum Gasteiger partial charge on any atom is -0.394 e. The van der Waals surface area contributed by atoms with Gasteiger partial charge in [0.2, 0.25) is 0 Å². The van der Waals surface area contributed by atoms with E-state index < -0.39 is 29.6 Å². The van der Waals surface area contributed by atoms with Gasteiger partial charge in [0, 0.05) is 12.1 Å². The normalized spacial score (nSPS) is 13.3. The quantitative estimate of drug-likeness (QED) is 0.302. The van der Waals surface area contributed by atoms with Crippen LogP contribution in [0, 0.1) is 13.7 Å². The average molecular weight is 432 g/mol. The Morgan fingerprint density at radius 1 is 1.43 bits per heavy atom. The lowest BCUT2D eigenvalue weighted by molar-refractivity contribution is -0.384. The standard InChI is InChI=1S/C13H13IN4O5/c14-9-5-15-17-11(9)13(21)16-10(6-19)12(20)7-1-3-8(4-2-7)18(22)23/h1-5,10,12,19-20H,6H2,(H,15,17)(H,16,21). The number of H-pyrrole nitrogens is 1. The van der Waals surface area contributed by atoms with Crippen LogP contribution in [0.4, 0.5) is 5.69 Å². The lowest BCUT2D eigenvalue weighted by Crippen LogP contribution is -2.42. The lowest BCUT2D eigenvalue weighted by Gasteiger charge is -2.22. The number of nitro groups is 1. The number of nitrogens with one attached hydrogen (secondary N) is 2. The van der Waals surface area contributed by atoms with Gasteiger partial charge in [0.1, 0.15) is 11.8 Å². The Morgan fingerprint density at radius 3 is 2.57 bits per heavy atom. The number of amides is 1. The van der Waals surface area contributed by atoms with Gasteiger partial charge in [0.15, 0.2) is 0 Å². The van der Waals surface area contributed by atoms with Gasteiger partial charge in [-0.15, -0.1) is 0 Å². The van der Waals surface area contributed by atoms with Crippen molar-refractivity contribution in [3.8, 4) is 0 Å². The zero-order chi connectivity index (χ0) is 17.0. The van der Waals surface area contributed by atoms with Gasteiger partial charge in [-0.25, -0.2) is 0 Å². The van der Waals surface area contributed by atoms with Crippen molar-refractivity contribution in [1.82, 2.24) is 15.5 Å². The molecule has 0 fully saturated rings. The molecular weight excluding hydrogens is 419 g/mol. The molecule has 122 valence electrons. The molecule has 0 aliphatic carbocycles. The molecule has 0 saturated heterocycles. The Balaban J connectivity index is 2.12. The van der Waals surface area contributed by atoms with Crippen molar-refractivity contribution in [2.45, 2.75) is 12.1 Å². The van der Waals surface area contributed by atoms with Crippen molar-refractivity contribution in [2.75, 3.05) is 6.61 Å². The van der Waals surface area contributed by atoms with Gasteiger partial charge in [0.05, 0.1) is 27.3 Å². The average Bonchev–Trinajstić information content (AvgIpc) is 2.98. The summed E-state index contributed by atoms with van der Waals surface area (Å²) in [5.74, 6) is -0.521. The van der Waals surface area contributed by atoms with Crippen LogP contribution in [0.5, 0.6) is 0 Å². The highest BCUT2D eigenvalue weighted by Crippen LogP contribution is 2.21. The number of aromatic nitrogens is 2. The molecule has 2 atom stereocenters. The molecule has 2 unspecified atom stereocenters. The second kappa shape index (κ2) is 7.48. The SMILES string of the molecule is O=C(NC(CO)C(O)c1ccc([N+](=O)[O-])cc1)c1[nH]ncc1I. The van der Waals surface area contributed by atoms with Crippen LogP contribution >= 0.6 is 22.6 Å². The summed E-state index contributed by atoms with van der Waals surface area (Å²) in [4.78, 5) is 22.1. The van der Waals surface area contributed by atoms with Crippen LogP contribution in [0.3, 0.4) is 0 Å². The number of benzene rings is 1. The molecule has 9 nitrogen and oxygen atoms in total. The first-order valence-corrected chi connectivity index (χ1v) is 7.55. The van der Waals surface area contributed by atoms with E-state index in [-0.39, 0.29) is 11.4 Å². The van der Waals surface area contributed by atoms with Crippen LogP contribution in [-0.4, -0.2) is 43.9 Å². The molecule has 1 aromatic heterocycles. The zero-order valence-corrected chi connectivity index (χ0v) is 13.8. The maximum Gasteiger partial charge on any atom is 0.270 e. The van der Waals surface area contributed by atoms with E-state index in [1.54, 1.807) is 0 Å². The van der Waals surface area contributed by atoms with Crippen LogP contribution in [0.25, 0.3) is 0 Å². The fraction of sp³-hybridized carbons (Fsp3) is 0.231. The fourth-order valence-electron chi connectivity index (χ4n) is 1.92. The largest absolute Gasteiger partial charge is 0.394 e. The first kappa shape index (κ1) is 17.3. The van der Waals surface area contributed by atoms with Gasteiger partial charge in [-0.05, 0) is 40.3 Å². The number of hydrogen-bond donors (Lipinski definition) is 4. The Labute approximate surface area is 144 Å². The van der Waals surface area contributed by atoms with Crippen LogP contribution in [0.2, 0.25) is 0 Å². The number of aliphatic hydroxyl groups excluding tert-OH is 2. The van der Waals surface area contributed by atoms with Gasteiger partial charge in [-0.3, -0.25) is 20.0 Å². The highest BCUT2D eigenvalue weighted by molar-refractivity contribution is 14.1. The van der Waals surface area contributed by atoms with E-state index in [0.29, 0.717) is 9.13 Å². The highest BCUT2D eigenvalue weighted by Gasteiger charge is 2.24. The van der Waals surface area contributed by atoms with Gasteiger partial charge < -0.3 is 15.5 Å². The van der Waals surface area contributed by atoms with Gasteiger partial charge in [0.25, 0.3) is 11.6 Å². The first-order chi connectivity index (χ1) is 10.9. The monoisotopic (exact) mass is 432 g/mol. The molecule has 1 heterocycles. The number of aromatic amines is 1. The molecule has 23 heavy (non-hydrogen) atoms. The second-order valence-corrected chi connectivity index (χ2v) is 5.81. The molecule has 0 saturated carbocycles. The summed E-state index contributed by atoms with van der Waals surface area (Å²) >= 11 is 1.92. The van der Waals surface area contributed by atoms with Crippen LogP contribution in [-0.2, 0) is 0 Å². The third kappa shape index (κ3) is 4.03. The molecule has 1 aromatic carbocycles. The van der Waals surface area contributed by atoms with Crippen molar-refractivity contribution >= 4 is 34.2 Å². The van der Waals surface area contributed by atoms with Crippen molar-refractivity contribution in [1.29, 1.82) is 0 Å². The second-order valence-electron chi connectivity index (χ2n) is 4.65. The number of nitrogens with zero attached hydrogens (tertiary/aromatic N) is 2. The Morgan fingerprint density at radius 2 is 2.09 bits per heavy atom. The summed E-state index contributed by atoms with van der Waals surface area (Å²) in [6.45, 7) is -0.505. The Kier molecular flexibility index (Phi) is 5.63. The predicted molar refractivity (Wildman–Crippen MR) is 87.7 cm³/mol. The molecule has 0 radical (unpaired) electrons. The van der Waals surface area contributed by atoms with E-state index in [1.807, 2.05) is 22.6 Å². The van der Waals surface area contributed by atoms with Crippen molar-refractivity contribution < 1.29 is 19.9 Å². The molecular formula is C13H13IN4O5. The number of halogens is 1. The molecule has 2 rings (SSSR count). The number of rotatable bonds is 6. The van der Waals surface area contributed by atoms with Crippen LogP contribution in [0.1, 0.15) is 22.2 Å².